The fourth-order valence-electron chi connectivity index (χ4n) is 2.88. The van der Waals surface area contributed by atoms with Crippen molar-refractivity contribution < 1.29 is 0 Å². The molecular formula is C20H12Br2. The second kappa shape index (κ2) is 5.53. The first kappa shape index (κ1) is 14.0. The van der Waals surface area contributed by atoms with Gasteiger partial charge in [-0.25, -0.2) is 0 Å². The number of benzene rings is 4. The maximum Gasteiger partial charge on any atom is 0.0343 e. The van der Waals surface area contributed by atoms with Crippen LogP contribution in [0.25, 0.3) is 32.7 Å². The van der Waals surface area contributed by atoms with Gasteiger partial charge in [-0.3, -0.25) is 0 Å². The third kappa shape index (κ3) is 2.27. The van der Waals surface area contributed by atoms with Crippen molar-refractivity contribution in [2.75, 3.05) is 0 Å². The minimum absolute atomic E-state index is 1.10. The van der Waals surface area contributed by atoms with E-state index in [1.165, 1.54) is 32.7 Å². The number of fused-ring (bicyclic) bond motifs is 2. The summed E-state index contributed by atoms with van der Waals surface area (Å²) in [7, 11) is 0. The SMILES string of the molecule is Brc1cc2ccccc2c(Br)c1-c1ccc2ccccc2c1. The molecule has 0 amide bonds. The number of hydrogen-bond acceptors (Lipinski definition) is 0. The summed E-state index contributed by atoms with van der Waals surface area (Å²) in [4.78, 5) is 0. The Kier molecular flexibility index (Phi) is 3.51. The van der Waals surface area contributed by atoms with Crippen LogP contribution < -0.4 is 0 Å². The molecule has 106 valence electrons. The van der Waals surface area contributed by atoms with Crippen molar-refractivity contribution in [2.24, 2.45) is 0 Å². The summed E-state index contributed by atoms with van der Waals surface area (Å²) in [6, 6.07) is 25.7. The van der Waals surface area contributed by atoms with Crippen LogP contribution in [0.4, 0.5) is 0 Å². The Balaban J connectivity index is 2.03. The normalized spacial score (nSPS) is 11.2. The molecular weight excluding hydrogens is 400 g/mol. The Morgan fingerprint density at radius 2 is 1.27 bits per heavy atom. The van der Waals surface area contributed by atoms with Crippen LogP contribution in [-0.4, -0.2) is 0 Å². The fraction of sp³-hybridized carbons (Fsp3) is 0. The van der Waals surface area contributed by atoms with Gasteiger partial charge >= 0.3 is 0 Å². The van der Waals surface area contributed by atoms with Gasteiger partial charge < -0.3 is 0 Å². The maximum absolute atomic E-state index is 3.80. The average Bonchev–Trinajstić information content (AvgIpc) is 2.55. The predicted octanol–water partition coefficient (Wildman–Crippen LogP) is 7.19. The molecule has 4 aromatic carbocycles. The summed E-state index contributed by atoms with van der Waals surface area (Å²) in [5.74, 6) is 0. The standard InChI is InChI=1S/C20H12Br2/c21-18-12-15-7-3-4-8-17(15)20(22)19(18)16-10-9-13-5-1-2-6-14(13)11-16/h1-12H. The van der Waals surface area contributed by atoms with Crippen molar-refractivity contribution in [1.82, 2.24) is 0 Å². The Hall–Kier alpha value is -1.64. The molecule has 4 aromatic rings. The first-order chi connectivity index (χ1) is 10.7. The quantitative estimate of drug-likeness (QED) is 0.311. The van der Waals surface area contributed by atoms with E-state index in [0.717, 1.165) is 8.95 Å². The van der Waals surface area contributed by atoms with Crippen LogP contribution in [0.15, 0.2) is 81.7 Å². The lowest BCUT2D eigenvalue weighted by atomic mass is 9.98. The van der Waals surface area contributed by atoms with Crippen LogP contribution in [0.3, 0.4) is 0 Å². The Bertz CT molecular complexity index is 1000. The minimum Gasteiger partial charge on any atom is -0.0616 e. The molecule has 0 saturated carbocycles. The molecule has 0 heterocycles. The van der Waals surface area contributed by atoms with Crippen LogP contribution in [0.1, 0.15) is 0 Å². The molecule has 0 radical (unpaired) electrons. The van der Waals surface area contributed by atoms with Crippen molar-refractivity contribution >= 4 is 53.4 Å². The summed E-state index contributed by atoms with van der Waals surface area (Å²) in [6.45, 7) is 0. The van der Waals surface area contributed by atoms with Gasteiger partial charge in [0, 0.05) is 14.5 Å². The molecule has 0 N–H and O–H groups in total. The predicted molar refractivity (Wildman–Crippen MR) is 102 cm³/mol. The van der Waals surface area contributed by atoms with Crippen LogP contribution in [0.2, 0.25) is 0 Å². The van der Waals surface area contributed by atoms with Crippen molar-refractivity contribution in [1.29, 1.82) is 0 Å². The first-order valence-electron chi connectivity index (χ1n) is 7.10. The summed E-state index contributed by atoms with van der Waals surface area (Å²) < 4.78 is 2.24. The third-order valence-electron chi connectivity index (χ3n) is 3.98. The molecule has 0 aliphatic heterocycles. The van der Waals surface area contributed by atoms with E-state index in [1.807, 2.05) is 0 Å². The highest BCUT2D eigenvalue weighted by molar-refractivity contribution is 9.11. The second-order valence-electron chi connectivity index (χ2n) is 5.33. The van der Waals surface area contributed by atoms with E-state index in [9.17, 15) is 0 Å². The molecule has 0 fully saturated rings. The van der Waals surface area contributed by atoms with Gasteiger partial charge in [0.2, 0.25) is 0 Å². The van der Waals surface area contributed by atoms with Crippen LogP contribution in [0.5, 0.6) is 0 Å². The molecule has 4 rings (SSSR count). The van der Waals surface area contributed by atoms with Gasteiger partial charge in [-0.2, -0.15) is 0 Å². The molecule has 0 spiro atoms. The highest BCUT2D eigenvalue weighted by Crippen LogP contribution is 2.41. The molecule has 2 heteroatoms. The van der Waals surface area contributed by atoms with Crippen molar-refractivity contribution in [3.63, 3.8) is 0 Å². The first-order valence-corrected chi connectivity index (χ1v) is 8.68. The van der Waals surface area contributed by atoms with E-state index in [1.54, 1.807) is 0 Å². The van der Waals surface area contributed by atoms with Gasteiger partial charge in [0.1, 0.15) is 0 Å². The van der Waals surface area contributed by atoms with Crippen LogP contribution in [-0.2, 0) is 0 Å². The van der Waals surface area contributed by atoms with E-state index in [0.29, 0.717) is 0 Å². The topological polar surface area (TPSA) is 0 Å². The second-order valence-corrected chi connectivity index (χ2v) is 6.98. The molecule has 22 heavy (non-hydrogen) atoms. The molecule has 0 saturated heterocycles. The van der Waals surface area contributed by atoms with Gasteiger partial charge in [0.05, 0.1) is 0 Å². The maximum atomic E-state index is 3.80. The summed E-state index contributed by atoms with van der Waals surface area (Å²) in [5, 5.41) is 4.98. The zero-order valence-electron chi connectivity index (χ0n) is 11.7. The molecule has 0 aliphatic carbocycles. The van der Waals surface area contributed by atoms with Crippen LogP contribution >= 0.6 is 31.9 Å². The van der Waals surface area contributed by atoms with Gasteiger partial charge in [-0.1, -0.05) is 76.6 Å². The number of hydrogen-bond donors (Lipinski definition) is 0. The average molecular weight is 412 g/mol. The molecule has 0 aromatic heterocycles. The smallest absolute Gasteiger partial charge is 0.0343 e. The van der Waals surface area contributed by atoms with Crippen molar-refractivity contribution in [2.45, 2.75) is 0 Å². The lowest BCUT2D eigenvalue weighted by Gasteiger charge is -2.12. The molecule has 0 bridgehead atoms. The van der Waals surface area contributed by atoms with Gasteiger partial charge in [-0.15, -0.1) is 0 Å². The Morgan fingerprint density at radius 3 is 2.09 bits per heavy atom. The zero-order valence-corrected chi connectivity index (χ0v) is 14.9. The highest BCUT2D eigenvalue weighted by atomic mass is 79.9. The number of rotatable bonds is 1. The van der Waals surface area contributed by atoms with Crippen molar-refractivity contribution in [3.05, 3.63) is 81.7 Å². The van der Waals surface area contributed by atoms with Gasteiger partial charge in [-0.05, 0) is 55.2 Å². The lowest BCUT2D eigenvalue weighted by molar-refractivity contribution is 1.61. The zero-order chi connectivity index (χ0) is 15.1. The summed E-state index contributed by atoms with van der Waals surface area (Å²) in [5.41, 5.74) is 2.41. The molecule has 0 unspecified atom stereocenters. The largest absolute Gasteiger partial charge is 0.0616 e. The molecule has 0 nitrogen and oxygen atoms in total. The Morgan fingerprint density at radius 1 is 0.591 bits per heavy atom. The van der Waals surface area contributed by atoms with E-state index < -0.39 is 0 Å². The van der Waals surface area contributed by atoms with Gasteiger partial charge in [0.25, 0.3) is 0 Å². The highest BCUT2D eigenvalue weighted by Gasteiger charge is 2.12. The monoisotopic (exact) mass is 410 g/mol. The van der Waals surface area contributed by atoms with E-state index >= 15 is 0 Å². The van der Waals surface area contributed by atoms with Crippen LogP contribution in [0, 0.1) is 0 Å². The van der Waals surface area contributed by atoms with Crippen molar-refractivity contribution in [3.8, 4) is 11.1 Å². The number of halogens is 2. The summed E-state index contributed by atoms with van der Waals surface area (Å²) >= 11 is 7.54. The minimum atomic E-state index is 1.10. The third-order valence-corrected chi connectivity index (χ3v) is 5.43. The van der Waals surface area contributed by atoms with E-state index in [-0.39, 0.29) is 0 Å². The molecule has 0 atom stereocenters. The Labute approximate surface area is 146 Å². The van der Waals surface area contributed by atoms with E-state index in [4.69, 9.17) is 0 Å². The summed E-state index contributed by atoms with van der Waals surface area (Å²) in [6.07, 6.45) is 0. The van der Waals surface area contributed by atoms with E-state index in [2.05, 4.69) is 105 Å². The lowest BCUT2D eigenvalue weighted by Crippen LogP contribution is -1.86. The van der Waals surface area contributed by atoms with Gasteiger partial charge in [0.15, 0.2) is 0 Å². The molecule has 0 aliphatic rings. The fourth-order valence-corrected chi connectivity index (χ4v) is 4.62.